The van der Waals surface area contributed by atoms with Crippen molar-refractivity contribution in [3.05, 3.63) is 46.5 Å². The van der Waals surface area contributed by atoms with Crippen LogP contribution >= 0.6 is 11.3 Å². The Bertz CT molecular complexity index is 526. The summed E-state index contributed by atoms with van der Waals surface area (Å²) in [6, 6.07) is 7.96. The second-order valence-electron chi connectivity index (χ2n) is 5.30. The van der Waals surface area contributed by atoms with E-state index >= 15 is 0 Å². The van der Waals surface area contributed by atoms with Gasteiger partial charge in [0, 0.05) is 24.5 Å². The topological polar surface area (TPSA) is 45.9 Å². The lowest BCUT2D eigenvalue weighted by Crippen LogP contribution is -2.45. The summed E-state index contributed by atoms with van der Waals surface area (Å²) in [4.78, 5) is 17.7. The summed E-state index contributed by atoms with van der Waals surface area (Å²) in [5.74, 6) is 1.04. The Balaban J connectivity index is 1.63. The average Bonchev–Trinajstić information content (AvgIpc) is 3.22. The highest BCUT2D eigenvalue weighted by molar-refractivity contribution is 7.09. The van der Waals surface area contributed by atoms with Crippen molar-refractivity contribution in [2.45, 2.75) is 13.1 Å². The molecule has 0 N–H and O–H groups in total. The molecule has 2 aromatic heterocycles. The first-order valence-corrected chi connectivity index (χ1v) is 8.32. The van der Waals surface area contributed by atoms with Gasteiger partial charge in [0.15, 0.2) is 0 Å². The Hall–Kier alpha value is -1.63. The zero-order valence-electron chi connectivity index (χ0n) is 12.4. The van der Waals surface area contributed by atoms with E-state index in [1.54, 1.807) is 17.6 Å². The third-order valence-corrected chi connectivity index (χ3v) is 4.50. The molecule has 0 bridgehead atoms. The summed E-state index contributed by atoms with van der Waals surface area (Å²) in [7, 11) is 0. The van der Waals surface area contributed by atoms with Crippen molar-refractivity contribution in [1.29, 1.82) is 0 Å². The van der Waals surface area contributed by atoms with Crippen LogP contribution in [0, 0.1) is 0 Å². The lowest BCUT2D eigenvalue weighted by atomic mass is 10.3. The van der Waals surface area contributed by atoms with Gasteiger partial charge in [-0.2, -0.15) is 0 Å². The van der Waals surface area contributed by atoms with E-state index in [2.05, 4.69) is 16.3 Å². The molecule has 0 aromatic carbocycles. The van der Waals surface area contributed by atoms with Crippen LogP contribution in [-0.4, -0.2) is 48.6 Å². The molecule has 6 heteroatoms. The normalized spacial score (nSPS) is 15.4. The Labute approximate surface area is 134 Å². The van der Waals surface area contributed by atoms with E-state index in [-0.39, 0.29) is 5.91 Å². The highest BCUT2D eigenvalue weighted by Crippen LogP contribution is 2.15. The molecule has 22 heavy (non-hydrogen) atoms. The number of carbonyl (C=O) groups excluding carboxylic acids is 1. The number of rotatable bonds is 6. The fraction of sp³-hybridized carbons (Fsp3) is 0.438. The molecule has 0 spiro atoms. The van der Waals surface area contributed by atoms with Gasteiger partial charge in [0.05, 0.1) is 32.6 Å². The molecule has 0 saturated carbocycles. The Morgan fingerprint density at radius 1 is 1.23 bits per heavy atom. The van der Waals surface area contributed by atoms with Crippen molar-refractivity contribution >= 4 is 17.2 Å². The fourth-order valence-corrected chi connectivity index (χ4v) is 3.26. The van der Waals surface area contributed by atoms with Crippen LogP contribution in [-0.2, 0) is 22.6 Å². The zero-order chi connectivity index (χ0) is 15.2. The van der Waals surface area contributed by atoms with E-state index in [4.69, 9.17) is 9.15 Å². The number of furan rings is 1. The number of hydrogen-bond acceptors (Lipinski definition) is 5. The maximum atomic E-state index is 12.5. The summed E-state index contributed by atoms with van der Waals surface area (Å²) in [6.45, 7) is 4.44. The minimum absolute atomic E-state index is 0.159. The summed E-state index contributed by atoms with van der Waals surface area (Å²) >= 11 is 1.71. The van der Waals surface area contributed by atoms with Gasteiger partial charge in [0.2, 0.25) is 5.91 Å². The van der Waals surface area contributed by atoms with Gasteiger partial charge in [-0.3, -0.25) is 9.69 Å². The van der Waals surface area contributed by atoms with Crippen LogP contribution < -0.4 is 0 Å². The summed E-state index contributed by atoms with van der Waals surface area (Å²) < 4.78 is 10.7. The molecule has 3 rings (SSSR count). The van der Waals surface area contributed by atoms with Gasteiger partial charge in [-0.1, -0.05) is 6.07 Å². The maximum Gasteiger partial charge on any atom is 0.236 e. The standard InChI is InChI=1S/C16H20N2O3S/c19-16(18-5-8-20-9-6-18)13-17(11-14-3-1-7-21-14)12-15-4-2-10-22-15/h1-4,7,10H,5-6,8-9,11-13H2. The minimum atomic E-state index is 0.159. The van der Waals surface area contributed by atoms with Gasteiger partial charge in [-0.25, -0.2) is 0 Å². The first-order chi connectivity index (χ1) is 10.8. The number of nitrogens with zero attached hydrogens (tertiary/aromatic N) is 2. The second kappa shape index (κ2) is 7.58. The molecule has 3 heterocycles. The molecule has 0 aliphatic carbocycles. The van der Waals surface area contributed by atoms with Crippen LogP contribution in [0.4, 0.5) is 0 Å². The maximum absolute atomic E-state index is 12.5. The van der Waals surface area contributed by atoms with Crippen LogP contribution in [0.3, 0.4) is 0 Å². The summed E-state index contributed by atoms with van der Waals surface area (Å²) in [5, 5.41) is 2.06. The quantitative estimate of drug-likeness (QED) is 0.818. The van der Waals surface area contributed by atoms with Gasteiger partial charge < -0.3 is 14.1 Å². The molecule has 1 saturated heterocycles. The highest BCUT2D eigenvalue weighted by atomic mass is 32.1. The second-order valence-corrected chi connectivity index (χ2v) is 6.33. The third kappa shape index (κ3) is 4.19. The molecular formula is C16H20N2O3S. The first kappa shape index (κ1) is 15.3. The molecular weight excluding hydrogens is 300 g/mol. The van der Waals surface area contributed by atoms with Crippen LogP contribution in [0.5, 0.6) is 0 Å². The third-order valence-electron chi connectivity index (χ3n) is 3.64. The van der Waals surface area contributed by atoms with Crippen LogP contribution in [0.25, 0.3) is 0 Å². The number of amides is 1. The minimum Gasteiger partial charge on any atom is -0.468 e. The molecule has 118 valence electrons. The molecule has 2 aromatic rings. The largest absolute Gasteiger partial charge is 0.468 e. The Morgan fingerprint density at radius 3 is 2.77 bits per heavy atom. The SMILES string of the molecule is O=C(CN(Cc1ccco1)Cc1cccs1)N1CCOCC1. The van der Waals surface area contributed by atoms with Gasteiger partial charge >= 0.3 is 0 Å². The molecule has 1 aliphatic heterocycles. The van der Waals surface area contributed by atoms with Crippen molar-refractivity contribution in [1.82, 2.24) is 9.80 Å². The zero-order valence-corrected chi connectivity index (χ0v) is 13.3. The van der Waals surface area contributed by atoms with Crippen molar-refractivity contribution in [3.63, 3.8) is 0 Å². The van der Waals surface area contributed by atoms with Crippen molar-refractivity contribution in [3.8, 4) is 0 Å². The lowest BCUT2D eigenvalue weighted by Gasteiger charge is -2.29. The Morgan fingerprint density at radius 2 is 2.09 bits per heavy atom. The van der Waals surface area contributed by atoms with Gasteiger partial charge in [-0.15, -0.1) is 11.3 Å². The van der Waals surface area contributed by atoms with E-state index in [9.17, 15) is 4.79 Å². The number of ether oxygens (including phenoxy) is 1. The Kier molecular flexibility index (Phi) is 5.26. The van der Waals surface area contributed by atoms with Crippen molar-refractivity contribution in [2.75, 3.05) is 32.8 Å². The molecule has 1 amide bonds. The molecule has 1 fully saturated rings. The average molecular weight is 320 g/mol. The molecule has 0 atom stereocenters. The lowest BCUT2D eigenvalue weighted by molar-refractivity contribution is -0.136. The monoisotopic (exact) mass is 320 g/mol. The van der Waals surface area contributed by atoms with E-state index < -0.39 is 0 Å². The highest BCUT2D eigenvalue weighted by Gasteiger charge is 2.20. The smallest absolute Gasteiger partial charge is 0.236 e. The van der Waals surface area contributed by atoms with Crippen LogP contribution in [0.2, 0.25) is 0 Å². The molecule has 1 aliphatic rings. The van der Waals surface area contributed by atoms with Crippen molar-refractivity contribution in [2.24, 2.45) is 0 Å². The number of carbonyl (C=O) groups is 1. The van der Waals surface area contributed by atoms with E-state index in [0.717, 1.165) is 12.3 Å². The van der Waals surface area contributed by atoms with E-state index in [0.29, 0.717) is 39.4 Å². The van der Waals surface area contributed by atoms with Gasteiger partial charge in [0.1, 0.15) is 5.76 Å². The molecule has 5 nitrogen and oxygen atoms in total. The van der Waals surface area contributed by atoms with Crippen LogP contribution in [0.1, 0.15) is 10.6 Å². The summed E-state index contributed by atoms with van der Waals surface area (Å²) in [5.41, 5.74) is 0. The summed E-state index contributed by atoms with van der Waals surface area (Å²) in [6.07, 6.45) is 1.67. The van der Waals surface area contributed by atoms with Crippen LogP contribution in [0.15, 0.2) is 40.3 Å². The molecule has 0 radical (unpaired) electrons. The number of thiophene rings is 1. The fourth-order valence-electron chi connectivity index (χ4n) is 2.52. The first-order valence-electron chi connectivity index (χ1n) is 7.44. The van der Waals surface area contributed by atoms with Crippen molar-refractivity contribution < 1.29 is 13.9 Å². The molecule has 0 unspecified atom stereocenters. The number of morpholine rings is 1. The van der Waals surface area contributed by atoms with Gasteiger partial charge in [-0.05, 0) is 23.6 Å². The number of hydrogen-bond donors (Lipinski definition) is 0. The van der Waals surface area contributed by atoms with Gasteiger partial charge in [0.25, 0.3) is 0 Å². The predicted octanol–water partition coefficient (Wildman–Crippen LogP) is 2.20. The predicted molar refractivity (Wildman–Crippen MR) is 84.5 cm³/mol. The van der Waals surface area contributed by atoms with E-state index in [1.165, 1.54) is 4.88 Å². The van der Waals surface area contributed by atoms with E-state index in [1.807, 2.05) is 23.1 Å².